The molecule has 0 saturated heterocycles. The molecule has 2 N–H and O–H groups in total. The Kier molecular flexibility index (Phi) is 1.80. The Balaban J connectivity index is 2.47. The number of rotatable bonds is 2. The molecule has 62 valence electrons. The number of imidazole rings is 1. The number of hydrogen-bond acceptors (Lipinski definition) is 2. The monoisotopic (exact) mass is 162 g/mol. The molecule has 0 bridgehead atoms. The maximum Gasteiger partial charge on any atom is 0.109 e. The molecule has 0 aliphatic heterocycles. The number of H-pyrrole nitrogens is 1. The maximum absolute atomic E-state index is 8.68. The smallest absolute Gasteiger partial charge is 0.109 e. The molecule has 1 aromatic carbocycles. The largest absolute Gasteiger partial charge is 0.396 e. The standard InChI is InChI=1S/C9H10N2O/c12-6-5-9-10-7-3-1-2-4-8(7)11-9/h1-4,12H,5-6H2,(H,10,11). The zero-order valence-electron chi connectivity index (χ0n) is 6.62. The minimum absolute atomic E-state index is 0.139. The topological polar surface area (TPSA) is 48.9 Å². The Hall–Kier alpha value is -1.35. The lowest BCUT2D eigenvalue weighted by atomic mass is 10.3. The van der Waals surface area contributed by atoms with Gasteiger partial charge in [-0.1, -0.05) is 12.1 Å². The molecule has 0 atom stereocenters. The zero-order chi connectivity index (χ0) is 8.39. The Morgan fingerprint density at radius 3 is 2.92 bits per heavy atom. The second-order valence-corrected chi connectivity index (χ2v) is 2.67. The van der Waals surface area contributed by atoms with Gasteiger partial charge in [0.25, 0.3) is 0 Å². The first kappa shape index (κ1) is 7.31. The first-order valence-electron chi connectivity index (χ1n) is 3.94. The summed E-state index contributed by atoms with van der Waals surface area (Å²) in [5.74, 6) is 0.846. The van der Waals surface area contributed by atoms with E-state index in [1.165, 1.54) is 0 Å². The van der Waals surface area contributed by atoms with E-state index < -0.39 is 0 Å². The molecule has 3 heteroatoms. The van der Waals surface area contributed by atoms with Gasteiger partial charge in [-0.2, -0.15) is 0 Å². The number of para-hydroxylation sites is 2. The Labute approximate surface area is 70.1 Å². The Bertz CT molecular complexity index is 348. The summed E-state index contributed by atoms with van der Waals surface area (Å²) in [4.78, 5) is 7.41. The number of fused-ring (bicyclic) bond motifs is 1. The summed E-state index contributed by atoms with van der Waals surface area (Å²) in [6, 6.07) is 7.84. The summed E-state index contributed by atoms with van der Waals surface area (Å²) in [6.07, 6.45) is 0.592. The average molecular weight is 162 g/mol. The van der Waals surface area contributed by atoms with Gasteiger partial charge < -0.3 is 10.1 Å². The van der Waals surface area contributed by atoms with E-state index in [0.717, 1.165) is 16.9 Å². The number of hydrogen-bond donors (Lipinski definition) is 2. The van der Waals surface area contributed by atoms with Crippen LogP contribution in [0.3, 0.4) is 0 Å². The average Bonchev–Trinajstić information content (AvgIpc) is 2.47. The van der Waals surface area contributed by atoms with E-state index in [1.54, 1.807) is 0 Å². The molecule has 0 unspecified atom stereocenters. The lowest BCUT2D eigenvalue weighted by Crippen LogP contribution is -1.91. The molecule has 0 radical (unpaired) electrons. The van der Waals surface area contributed by atoms with Gasteiger partial charge in [0.15, 0.2) is 0 Å². The highest BCUT2D eigenvalue weighted by Gasteiger charge is 1.99. The first-order chi connectivity index (χ1) is 5.90. The third-order valence-electron chi connectivity index (χ3n) is 1.79. The molecule has 0 spiro atoms. The summed E-state index contributed by atoms with van der Waals surface area (Å²) < 4.78 is 0. The fraction of sp³-hybridized carbons (Fsp3) is 0.222. The highest BCUT2D eigenvalue weighted by Crippen LogP contribution is 2.09. The van der Waals surface area contributed by atoms with Crippen LogP contribution in [0.15, 0.2) is 24.3 Å². The van der Waals surface area contributed by atoms with Gasteiger partial charge in [0.05, 0.1) is 17.6 Å². The second kappa shape index (κ2) is 2.95. The van der Waals surface area contributed by atoms with Crippen molar-refractivity contribution in [2.45, 2.75) is 6.42 Å². The SMILES string of the molecule is OCCc1nc2ccccc2[nH]1. The van der Waals surface area contributed by atoms with Crippen molar-refractivity contribution in [2.24, 2.45) is 0 Å². The van der Waals surface area contributed by atoms with Gasteiger partial charge in [0.1, 0.15) is 5.82 Å². The number of aliphatic hydroxyl groups excluding tert-OH is 1. The van der Waals surface area contributed by atoms with Crippen LogP contribution in [0.2, 0.25) is 0 Å². The first-order valence-corrected chi connectivity index (χ1v) is 3.94. The Morgan fingerprint density at radius 2 is 2.17 bits per heavy atom. The Morgan fingerprint density at radius 1 is 1.33 bits per heavy atom. The van der Waals surface area contributed by atoms with E-state index in [9.17, 15) is 0 Å². The maximum atomic E-state index is 8.68. The summed E-state index contributed by atoms with van der Waals surface area (Å²) in [6.45, 7) is 0.139. The molecule has 1 heterocycles. The van der Waals surface area contributed by atoms with Crippen LogP contribution in [0.1, 0.15) is 5.82 Å². The van der Waals surface area contributed by atoms with Gasteiger partial charge in [-0.25, -0.2) is 4.98 Å². The predicted molar refractivity (Wildman–Crippen MR) is 46.9 cm³/mol. The number of benzene rings is 1. The normalized spacial score (nSPS) is 10.8. The van der Waals surface area contributed by atoms with Gasteiger partial charge >= 0.3 is 0 Å². The van der Waals surface area contributed by atoms with Crippen molar-refractivity contribution >= 4 is 11.0 Å². The molecular formula is C9H10N2O. The molecule has 0 fully saturated rings. The number of nitrogens with zero attached hydrogens (tertiary/aromatic N) is 1. The predicted octanol–water partition coefficient (Wildman–Crippen LogP) is 1.10. The summed E-state index contributed by atoms with van der Waals surface area (Å²) in [5.41, 5.74) is 1.99. The highest BCUT2D eigenvalue weighted by molar-refractivity contribution is 5.74. The van der Waals surface area contributed by atoms with Gasteiger partial charge in [-0.05, 0) is 12.1 Å². The third kappa shape index (κ3) is 1.19. The van der Waals surface area contributed by atoms with Crippen LogP contribution in [0.5, 0.6) is 0 Å². The minimum Gasteiger partial charge on any atom is -0.396 e. The molecule has 0 aliphatic rings. The third-order valence-corrected chi connectivity index (χ3v) is 1.79. The van der Waals surface area contributed by atoms with Gasteiger partial charge in [-0.3, -0.25) is 0 Å². The summed E-state index contributed by atoms with van der Waals surface area (Å²) >= 11 is 0. The van der Waals surface area contributed by atoms with Crippen molar-refractivity contribution in [1.82, 2.24) is 9.97 Å². The fourth-order valence-corrected chi connectivity index (χ4v) is 1.23. The number of aromatic nitrogens is 2. The van der Waals surface area contributed by atoms with Crippen molar-refractivity contribution in [3.8, 4) is 0 Å². The number of aliphatic hydroxyl groups is 1. The molecule has 2 aromatic rings. The van der Waals surface area contributed by atoms with E-state index in [-0.39, 0.29) is 6.61 Å². The van der Waals surface area contributed by atoms with E-state index in [2.05, 4.69) is 9.97 Å². The van der Waals surface area contributed by atoms with Crippen molar-refractivity contribution in [3.05, 3.63) is 30.1 Å². The molecule has 12 heavy (non-hydrogen) atoms. The van der Waals surface area contributed by atoms with Crippen LogP contribution in [0.25, 0.3) is 11.0 Å². The van der Waals surface area contributed by atoms with Crippen LogP contribution in [-0.4, -0.2) is 21.7 Å². The molecule has 0 amide bonds. The zero-order valence-corrected chi connectivity index (χ0v) is 6.62. The molecule has 0 aliphatic carbocycles. The quantitative estimate of drug-likeness (QED) is 0.694. The van der Waals surface area contributed by atoms with Gasteiger partial charge in [0, 0.05) is 6.42 Å². The summed E-state index contributed by atoms with van der Waals surface area (Å²) in [5, 5.41) is 8.68. The van der Waals surface area contributed by atoms with Crippen LogP contribution in [0.4, 0.5) is 0 Å². The van der Waals surface area contributed by atoms with Crippen molar-refractivity contribution in [3.63, 3.8) is 0 Å². The van der Waals surface area contributed by atoms with E-state index in [1.807, 2.05) is 24.3 Å². The van der Waals surface area contributed by atoms with Crippen molar-refractivity contribution < 1.29 is 5.11 Å². The number of nitrogens with one attached hydrogen (secondary N) is 1. The van der Waals surface area contributed by atoms with E-state index >= 15 is 0 Å². The lowest BCUT2D eigenvalue weighted by molar-refractivity contribution is 0.297. The molecule has 2 rings (SSSR count). The van der Waals surface area contributed by atoms with Crippen molar-refractivity contribution in [1.29, 1.82) is 0 Å². The number of aromatic amines is 1. The van der Waals surface area contributed by atoms with Crippen LogP contribution >= 0.6 is 0 Å². The molecular weight excluding hydrogens is 152 g/mol. The molecule has 1 aromatic heterocycles. The highest BCUT2D eigenvalue weighted by atomic mass is 16.3. The summed E-state index contributed by atoms with van der Waals surface area (Å²) in [7, 11) is 0. The lowest BCUT2D eigenvalue weighted by Gasteiger charge is -1.86. The fourth-order valence-electron chi connectivity index (χ4n) is 1.23. The van der Waals surface area contributed by atoms with E-state index in [4.69, 9.17) is 5.11 Å². The molecule has 3 nitrogen and oxygen atoms in total. The van der Waals surface area contributed by atoms with E-state index in [0.29, 0.717) is 6.42 Å². The van der Waals surface area contributed by atoms with Gasteiger partial charge in [-0.15, -0.1) is 0 Å². The second-order valence-electron chi connectivity index (χ2n) is 2.67. The van der Waals surface area contributed by atoms with Crippen LogP contribution in [-0.2, 0) is 6.42 Å². The van der Waals surface area contributed by atoms with Crippen LogP contribution in [0, 0.1) is 0 Å². The van der Waals surface area contributed by atoms with Crippen LogP contribution < -0.4 is 0 Å². The van der Waals surface area contributed by atoms with Gasteiger partial charge in [0.2, 0.25) is 0 Å². The molecule has 0 saturated carbocycles. The minimum atomic E-state index is 0.139. The van der Waals surface area contributed by atoms with Crippen molar-refractivity contribution in [2.75, 3.05) is 6.61 Å².